The highest BCUT2D eigenvalue weighted by atomic mass is 16.2. The summed E-state index contributed by atoms with van der Waals surface area (Å²) in [5.41, 5.74) is -0.773. The first-order chi connectivity index (χ1) is 11.8. The lowest BCUT2D eigenvalue weighted by molar-refractivity contribution is -0.140. The third-order valence-corrected chi connectivity index (χ3v) is 4.97. The van der Waals surface area contributed by atoms with Crippen molar-refractivity contribution in [1.82, 2.24) is 20.1 Å². The number of likely N-dealkylation sites (tertiary alicyclic amines) is 1. The van der Waals surface area contributed by atoms with Crippen molar-refractivity contribution in [3.05, 3.63) is 30.1 Å². The monoisotopic (exact) mass is 344 g/mol. The van der Waals surface area contributed by atoms with E-state index in [1.54, 1.807) is 36.2 Å². The van der Waals surface area contributed by atoms with Gasteiger partial charge in [0.05, 0.1) is 5.69 Å². The Morgan fingerprint density at radius 2 is 1.96 bits per heavy atom. The lowest BCUT2D eigenvalue weighted by Crippen LogP contribution is -2.48. The zero-order valence-electron chi connectivity index (χ0n) is 14.9. The Balaban J connectivity index is 1.74. The number of urea groups is 1. The molecule has 0 aromatic carbocycles. The summed E-state index contributed by atoms with van der Waals surface area (Å²) in [6.45, 7) is 6.95. The third kappa shape index (κ3) is 3.23. The van der Waals surface area contributed by atoms with E-state index in [9.17, 15) is 14.4 Å². The molecule has 1 aromatic rings. The van der Waals surface area contributed by atoms with Crippen LogP contribution in [-0.2, 0) is 15.1 Å². The predicted octanol–water partition coefficient (Wildman–Crippen LogP) is 1.35. The number of aromatic nitrogens is 1. The van der Waals surface area contributed by atoms with Gasteiger partial charge in [0, 0.05) is 19.3 Å². The van der Waals surface area contributed by atoms with Crippen LogP contribution in [-0.4, -0.2) is 52.3 Å². The first kappa shape index (κ1) is 17.4. The average Bonchev–Trinajstić information content (AvgIpc) is 2.79. The van der Waals surface area contributed by atoms with Crippen molar-refractivity contribution in [3.63, 3.8) is 0 Å². The van der Waals surface area contributed by atoms with Gasteiger partial charge in [0.25, 0.3) is 5.91 Å². The van der Waals surface area contributed by atoms with Crippen LogP contribution in [0.25, 0.3) is 0 Å². The van der Waals surface area contributed by atoms with Crippen molar-refractivity contribution in [2.24, 2.45) is 11.8 Å². The molecule has 4 amide bonds. The van der Waals surface area contributed by atoms with Gasteiger partial charge in [-0.1, -0.05) is 19.9 Å². The first-order valence-electron chi connectivity index (χ1n) is 8.64. The smallest absolute Gasteiger partial charge is 0.325 e. The van der Waals surface area contributed by atoms with E-state index < -0.39 is 17.5 Å². The minimum absolute atomic E-state index is 0.188. The van der Waals surface area contributed by atoms with Gasteiger partial charge in [-0.2, -0.15) is 0 Å². The quantitative estimate of drug-likeness (QED) is 0.839. The highest BCUT2D eigenvalue weighted by Gasteiger charge is 2.50. The fourth-order valence-corrected chi connectivity index (χ4v) is 3.77. The van der Waals surface area contributed by atoms with Crippen molar-refractivity contribution in [2.75, 3.05) is 19.6 Å². The van der Waals surface area contributed by atoms with Crippen molar-refractivity contribution < 1.29 is 14.4 Å². The van der Waals surface area contributed by atoms with Crippen LogP contribution in [0.1, 0.15) is 32.9 Å². The molecule has 1 N–H and O–H groups in total. The molecule has 0 saturated carbocycles. The Kier molecular flexibility index (Phi) is 4.49. The van der Waals surface area contributed by atoms with Gasteiger partial charge in [-0.05, 0) is 37.3 Å². The van der Waals surface area contributed by atoms with E-state index in [2.05, 4.69) is 24.1 Å². The van der Waals surface area contributed by atoms with Crippen molar-refractivity contribution in [1.29, 1.82) is 0 Å². The average molecular weight is 344 g/mol. The second-order valence-corrected chi connectivity index (χ2v) is 7.41. The zero-order valence-corrected chi connectivity index (χ0v) is 14.9. The van der Waals surface area contributed by atoms with Gasteiger partial charge >= 0.3 is 6.03 Å². The molecule has 3 heterocycles. The number of rotatable bonds is 3. The Morgan fingerprint density at radius 3 is 2.56 bits per heavy atom. The predicted molar refractivity (Wildman–Crippen MR) is 91.4 cm³/mol. The van der Waals surface area contributed by atoms with Gasteiger partial charge in [0.15, 0.2) is 5.54 Å². The summed E-state index contributed by atoms with van der Waals surface area (Å²) < 4.78 is 0. The number of carbonyl (C=O) groups excluding carboxylic acids is 3. The molecule has 2 saturated heterocycles. The Bertz CT molecular complexity index is 683. The van der Waals surface area contributed by atoms with Crippen LogP contribution in [0.2, 0.25) is 0 Å². The minimum Gasteiger partial charge on any atom is -0.341 e. The van der Waals surface area contributed by atoms with Crippen molar-refractivity contribution in [3.8, 4) is 0 Å². The molecule has 7 nitrogen and oxygen atoms in total. The number of nitrogens with one attached hydrogen (secondary N) is 1. The number of nitrogens with zero attached hydrogens (tertiary/aromatic N) is 3. The zero-order chi connectivity index (χ0) is 18.2. The number of pyridine rings is 1. The fourth-order valence-electron chi connectivity index (χ4n) is 3.77. The fraction of sp³-hybridized carbons (Fsp3) is 0.556. The van der Waals surface area contributed by atoms with Gasteiger partial charge in [-0.3, -0.25) is 19.5 Å². The second-order valence-electron chi connectivity index (χ2n) is 7.41. The van der Waals surface area contributed by atoms with Crippen molar-refractivity contribution in [2.45, 2.75) is 32.7 Å². The van der Waals surface area contributed by atoms with E-state index in [0.717, 1.165) is 11.3 Å². The van der Waals surface area contributed by atoms with E-state index in [1.807, 2.05) is 0 Å². The molecule has 1 aromatic heterocycles. The number of hydrogen-bond acceptors (Lipinski definition) is 4. The largest absolute Gasteiger partial charge is 0.341 e. The summed E-state index contributed by atoms with van der Waals surface area (Å²) in [6, 6.07) is 4.65. The SMILES string of the molecule is C[C@@H]1C[C@H](C)CN(C(=O)CN2C(=O)N[C@@](C)(c3ccccn3)C2=O)C1. The second kappa shape index (κ2) is 6.46. The number of carbonyl (C=O) groups is 3. The summed E-state index contributed by atoms with van der Waals surface area (Å²) in [5.74, 6) is 0.221. The molecule has 2 fully saturated rings. The summed E-state index contributed by atoms with van der Waals surface area (Å²) in [5, 5.41) is 2.68. The molecule has 25 heavy (non-hydrogen) atoms. The lowest BCUT2D eigenvalue weighted by atomic mass is 9.92. The molecular formula is C18H24N4O3. The van der Waals surface area contributed by atoms with Gasteiger partial charge in [0.2, 0.25) is 5.91 Å². The topological polar surface area (TPSA) is 82.6 Å². The molecule has 2 aliphatic rings. The van der Waals surface area contributed by atoms with E-state index in [4.69, 9.17) is 0 Å². The van der Waals surface area contributed by atoms with E-state index in [1.165, 1.54) is 0 Å². The summed E-state index contributed by atoms with van der Waals surface area (Å²) in [7, 11) is 0. The summed E-state index contributed by atoms with van der Waals surface area (Å²) in [4.78, 5) is 44.7. The van der Waals surface area contributed by atoms with Gasteiger partial charge in [0.1, 0.15) is 6.54 Å². The van der Waals surface area contributed by atoms with Crippen LogP contribution in [0.3, 0.4) is 0 Å². The summed E-state index contributed by atoms with van der Waals surface area (Å²) >= 11 is 0. The van der Waals surface area contributed by atoms with Crippen molar-refractivity contribution >= 4 is 17.8 Å². The van der Waals surface area contributed by atoms with Crippen LogP contribution in [0.4, 0.5) is 4.79 Å². The molecule has 0 radical (unpaired) electrons. The minimum atomic E-state index is -1.24. The molecule has 0 bridgehead atoms. The Morgan fingerprint density at radius 1 is 1.28 bits per heavy atom. The lowest BCUT2D eigenvalue weighted by Gasteiger charge is -2.35. The number of imide groups is 1. The first-order valence-corrected chi connectivity index (χ1v) is 8.64. The molecule has 134 valence electrons. The van der Waals surface area contributed by atoms with E-state index >= 15 is 0 Å². The number of amides is 4. The molecule has 0 aliphatic carbocycles. The van der Waals surface area contributed by atoms with Gasteiger partial charge < -0.3 is 10.2 Å². The molecule has 3 atom stereocenters. The van der Waals surface area contributed by atoms with E-state index in [0.29, 0.717) is 30.6 Å². The molecule has 0 spiro atoms. The molecule has 0 unspecified atom stereocenters. The van der Waals surface area contributed by atoms with Crippen LogP contribution < -0.4 is 5.32 Å². The molecule has 2 aliphatic heterocycles. The van der Waals surface area contributed by atoms with Gasteiger partial charge in [-0.25, -0.2) is 4.79 Å². The molecular weight excluding hydrogens is 320 g/mol. The van der Waals surface area contributed by atoms with Crippen LogP contribution >= 0.6 is 0 Å². The highest BCUT2D eigenvalue weighted by Crippen LogP contribution is 2.27. The Labute approximate surface area is 147 Å². The van der Waals surface area contributed by atoms with Crippen LogP contribution in [0.15, 0.2) is 24.4 Å². The standard InChI is InChI=1S/C18H24N4O3/c1-12-8-13(2)10-21(9-12)15(23)11-22-16(24)18(3,20-17(22)25)14-6-4-5-7-19-14/h4-7,12-13H,8-11H2,1-3H3,(H,20,25)/t12-,13+,18-/m0/s1. The normalized spacial score (nSPS) is 29.7. The third-order valence-electron chi connectivity index (χ3n) is 4.97. The maximum absolute atomic E-state index is 12.8. The van der Waals surface area contributed by atoms with Crippen LogP contribution in [0.5, 0.6) is 0 Å². The Hall–Kier alpha value is -2.44. The maximum Gasteiger partial charge on any atom is 0.325 e. The van der Waals surface area contributed by atoms with Gasteiger partial charge in [-0.15, -0.1) is 0 Å². The molecule has 7 heteroatoms. The molecule has 3 rings (SSSR count). The number of piperidine rings is 1. The maximum atomic E-state index is 12.8. The van der Waals surface area contributed by atoms with E-state index in [-0.39, 0.29) is 12.5 Å². The number of hydrogen-bond donors (Lipinski definition) is 1. The highest BCUT2D eigenvalue weighted by molar-refractivity contribution is 6.08. The summed E-state index contributed by atoms with van der Waals surface area (Å²) in [6.07, 6.45) is 2.66. The van der Waals surface area contributed by atoms with Crippen LogP contribution in [0, 0.1) is 11.8 Å².